The van der Waals surface area contributed by atoms with Gasteiger partial charge in [-0.25, -0.2) is 8.42 Å². The molecule has 0 bridgehead atoms. The molecule has 0 radical (unpaired) electrons. The van der Waals surface area contributed by atoms with Crippen molar-refractivity contribution >= 4 is 22.2 Å². The van der Waals surface area contributed by atoms with Gasteiger partial charge in [-0.3, -0.25) is 0 Å². The zero-order valence-electron chi connectivity index (χ0n) is 15.8. The second kappa shape index (κ2) is 9.69. The molecule has 1 fully saturated rings. The highest BCUT2D eigenvalue weighted by molar-refractivity contribution is 7.90. The van der Waals surface area contributed by atoms with Crippen molar-refractivity contribution in [2.75, 3.05) is 18.6 Å². The van der Waals surface area contributed by atoms with Gasteiger partial charge >= 0.3 is 0 Å². The van der Waals surface area contributed by atoms with E-state index < -0.39 is 9.84 Å². The van der Waals surface area contributed by atoms with E-state index in [2.05, 4.69) is 29.6 Å². The molecule has 1 N–H and O–H groups in total. The van der Waals surface area contributed by atoms with Gasteiger partial charge in [-0.2, -0.15) is 0 Å². The number of nitrogens with one attached hydrogen (secondary N) is 1. The van der Waals surface area contributed by atoms with Crippen LogP contribution in [0.1, 0.15) is 42.1 Å². The molecule has 2 aromatic rings. The van der Waals surface area contributed by atoms with Crippen LogP contribution in [0.2, 0.25) is 0 Å². The topological polar surface area (TPSA) is 55.4 Å². The van der Waals surface area contributed by atoms with E-state index in [-0.39, 0.29) is 30.2 Å². The number of rotatable bonds is 7. The molecule has 0 aliphatic carbocycles. The summed E-state index contributed by atoms with van der Waals surface area (Å²) in [5.74, 6) is 0.201. The van der Waals surface area contributed by atoms with Gasteiger partial charge in [0.2, 0.25) is 0 Å². The fourth-order valence-corrected chi connectivity index (χ4v) is 4.55. The first kappa shape index (κ1) is 21.9. The Morgan fingerprint density at radius 3 is 2.41 bits per heavy atom. The summed E-state index contributed by atoms with van der Waals surface area (Å²) >= 11 is 0. The Kier molecular flexibility index (Phi) is 7.86. The van der Waals surface area contributed by atoms with Gasteiger partial charge in [0, 0.05) is 18.8 Å². The molecule has 148 valence electrons. The summed E-state index contributed by atoms with van der Waals surface area (Å²) in [6.07, 6.45) is 2.44. The van der Waals surface area contributed by atoms with Crippen LogP contribution in [0.4, 0.5) is 0 Å². The van der Waals surface area contributed by atoms with E-state index >= 15 is 0 Å². The number of halogens is 1. The van der Waals surface area contributed by atoms with Gasteiger partial charge in [0.25, 0.3) is 0 Å². The Morgan fingerprint density at radius 1 is 1.11 bits per heavy atom. The van der Waals surface area contributed by atoms with Crippen molar-refractivity contribution in [3.8, 4) is 0 Å². The van der Waals surface area contributed by atoms with Crippen molar-refractivity contribution in [3.63, 3.8) is 0 Å². The lowest BCUT2D eigenvalue weighted by Crippen LogP contribution is -2.28. The molecule has 0 saturated carbocycles. The number of sulfone groups is 1. The molecule has 0 amide bonds. The Hall–Kier alpha value is -1.40. The maximum absolute atomic E-state index is 11.4. The molecule has 1 aliphatic rings. The molecule has 0 aromatic heterocycles. The largest absolute Gasteiger partial charge is 0.372 e. The van der Waals surface area contributed by atoms with E-state index in [9.17, 15) is 8.42 Å². The van der Waals surface area contributed by atoms with Crippen LogP contribution in [-0.4, -0.2) is 33.1 Å². The van der Waals surface area contributed by atoms with Crippen molar-refractivity contribution < 1.29 is 13.2 Å². The standard InChI is InChI=1S/C21H27NO3S.ClH/c1-16(15-26(2,23)24)18-10-8-17(9-11-18)13-22-20-12-21(25-14-20)19-6-4-3-5-7-19;/h3-11,16,20-22H,12-15H2,1-2H3;1H/t16-,20?,21?;/m0./s1. The first-order chi connectivity index (χ1) is 12.4. The maximum Gasteiger partial charge on any atom is 0.148 e. The van der Waals surface area contributed by atoms with Crippen molar-refractivity contribution in [2.24, 2.45) is 0 Å². The van der Waals surface area contributed by atoms with Crippen LogP contribution in [0.3, 0.4) is 0 Å². The zero-order valence-corrected chi connectivity index (χ0v) is 17.4. The summed E-state index contributed by atoms with van der Waals surface area (Å²) in [7, 11) is -2.96. The molecule has 2 unspecified atom stereocenters. The van der Waals surface area contributed by atoms with Gasteiger partial charge in [0.1, 0.15) is 9.84 Å². The van der Waals surface area contributed by atoms with E-state index in [4.69, 9.17) is 4.74 Å². The highest BCUT2D eigenvalue weighted by Gasteiger charge is 2.26. The lowest BCUT2D eigenvalue weighted by Gasteiger charge is -2.14. The van der Waals surface area contributed by atoms with Crippen LogP contribution in [0.5, 0.6) is 0 Å². The molecular weight excluding hydrogens is 382 g/mol. The molecule has 3 rings (SSSR count). The van der Waals surface area contributed by atoms with Crippen molar-refractivity contribution in [2.45, 2.75) is 38.0 Å². The van der Waals surface area contributed by atoms with Crippen LogP contribution in [-0.2, 0) is 21.1 Å². The quantitative estimate of drug-likeness (QED) is 0.754. The average molecular weight is 410 g/mol. The van der Waals surface area contributed by atoms with E-state index in [1.165, 1.54) is 17.4 Å². The summed E-state index contributed by atoms with van der Waals surface area (Å²) in [5, 5.41) is 3.56. The van der Waals surface area contributed by atoms with Crippen LogP contribution in [0, 0.1) is 0 Å². The number of benzene rings is 2. The molecule has 1 heterocycles. The average Bonchev–Trinajstić information content (AvgIpc) is 3.09. The van der Waals surface area contributed by atoms with Crippen LogP contribution in [0.25, 0.3) is 0 Å². The number of hydrogen-bond acceptors (Lipinski definition) is 4. The first-order valence-corrected chi connectivity index (χ1v) is 11.1. The smallest absolute Gasteiger partial charge is 0.148 e. The van der Waals surface area contributed by atoms with Gasteiger partial charge in [0.05, 0.1) is 18.5 Å². The van der Waals surface area contributed by atoms with Crippen molar-refractivity contribution in [3.05, 3.63) is 71.3 Å². The third-order valence-corrected chi connectivity index (χ3v) is 5.97. The van der Waals surface area contributed by atoms with Gasteiger partial charge in [-0.1, -0.05) is 61.5 Å². The maximum atomic E-state index is 11.4. The fraction of sp³-hybridized carbons (Fsp3) is 0.429. The summed E-state index contributed by atoms with van der Waals surface area (Å²) in [5.41, 5.74) is 3.50. The Labute approximate surface area is 168 Å². The van der Waals surface area contributed by atoms with Gasteiger partial charge in [0.15, 0.2) is 0 Å². The lowest BCUT2D eigenvalue weighted by atomic mass is 10.0. The molecule has 1 aliphatic heterocycles. The molecule has 2 aromatic carbocycles. The SMILES string of the molecule is C[C@@H](CS(C)(=O)=O)c1ccc(CNC2COC(c3ccccc3)C2)cc1.Cl. The Morgan fingerprint density at radius 2 is 1.78 bits per heavy atom. The predicted octanol–water partition coefficient (Wildman–Crippen LogP) is 3.88. The highest BCUT2D eigenvalue weighted by Crippen LogP contribution is 2.28. The normalized spacial score (nSPS) is 20.8. The van der Waals surface area contributed by atoms with E-state index in [1.807, 2.05) is 37.3 Å². The predicted molar refractivity (Wildman–Crippen MR) is 112 cm³/mol. The van der Waals surface area contributed by atoms with Crippen LogP contribution in [0.15, 0.2) is 54.6 Å². The van der Waals surface area contributed by atoms with Crippen molar-refractivity contribution in [1.29, 1.82) is 0 Å². The first-order valence-electron chi connectivity index (χ1n) is 9.07. The second-order valence-electron chi connectivity index (χ2n) is 7.28. The summed E-state index contributed by atoms with van der Waals surface area (Å²) in [4.78, 5) is 0. The summed E-state index contributed by atoms with van der Waals surface area (Å²) < 4.78 is 28.8. The molecule has 4 nitrogen and oxygen atoms in total. The zero-order chi connectivity index (χ0) is 18.6. The van der Waals surface area contributed by atoms with E-state index in [0.29, 0.717) is 6.04 Å². The number of hydrogen-bond donors (Lipinski definition) is 1. The van der Waals surface area contributed by atoms with Crippen LogP contribution >= 0.6 is 12.4 Å². The van der Waals surface area contributed by atoms with Gasteiger partial charge < -0.3 is 10.1 Å². The van der Waals surface area contributed by atoms with Gasteiger partial charge in [-0.05, 0) is 29.0 Å². The third kappa shape index (κ3) is 6.61. The third-order valence-electron chi connectivity index (χ3n) is 4.86. The fourth-order valence-electron chi connectivity index (χ4n) is 3.45. The summed E-state index contributed by atoms with van der Waals surface area (Å²) in [6, 6.07) is 18.9. The van der Waals surface area contributed by atoms with E-state index in [1.54, 1.807) is 0 Å². The van der Waals surface area contributed by atoms with E-state index in [0.717, 1.165) is 25.1 Å². The molecule has 6 heteroatoms. The van der Waals surface area contributed by atoms with Crippen LogP contribution < -0.4 is 5.32 Å². The minimum absolute atomic E-state index is 0. The second-order valence-corrected chi connectivity index (χ2v) is 9.47. The minimum Gasteiger partial charge on any atom is -0.372 e. The molecular formula is C21H28ClNO3S. The summed E-state index contributed by atoms with van der Waals surface area (Å²) in [6.45, 7) is 3.47. The molecule has 27 heavy (non-hydrogen) atoms. The molecule has 0 spiro atoms. The lowest BCUT2D eigenvalue weighted by molar-refractivity contribution is 0.109. The molecule has 1 saturated heterocycles. The molecule has 3 atom stereocenters. The highest BCUT2D eigenvalue weighted by atomic mass is 35.5. The number of ether oxygens (including phenoxy) is 1. The monoisotopic (exact) mass is 409 g/mol. The Balaban J connectivity index is 0.00000261. The van der Waals surface area contributed by atoms with Crippen molar-refractivity contribution in [1.82, 2.24) is 5.32 Å². The minimum atomic E-state index is -2.96. The Bertz CT molecular complexity index is 809. The van der Waals surface area contributed by atoms with Gasteiger partial charge in [-0.15, -0.1) is 12.4 Å².